The largest absolute Gasteiger partial charge is 0.508 e. The van der Waals surface area contributed by atoms with E-state index in [1.54, 1.807) is 12.1 Å². The number of carbonyl (C=O) groups excluding carboxylic acids is 1. The lowest BCUT2D eigenvalue weighted by Crippen LogP contribution is -2.45. The van der Waals surface area contributed by atoms with E-state index < -0.39 is 17.2 Å². The minimum atomic E-state index is -0.933. The molecule has 1 saturated heterocycles. The van der Waals surface area contributed by atoms with Crippen molar-refractivity contribution in [1.29, 1.82) is 0 Å². The first-order valence-corrected chi connectivity index (χ1v) is 9.27. The number of nitrogens with zero attached hydrogens (tertiary/aromatic N) is 1. The summed E-state index contributed by atoms with van der Waals surface area (Å²) in [5, 5.41) is 9.34. The Labute approximate surface area is 161 Å². The van der Waals surface area contributed by atoms with Crippen molar-refractivity contribution in [3.8, 4) is 11.5 Å². The predicted molar refractivity (Wildman–Crippen MR) is 99.3 cm³/mol. The molecule has 0 unspecified atom stereocenters. The van der Waals surface area contributed by atoms with Gasteiger partial charge in [-0.05, 0) is 48.7 Å². The molecule has 4 rings (SSSR count). The van der Waals surface area contributed by atoms with Crippen molar-refractivity contribution >= 4 is 5.78 Å². The first kappa shape index (κ1) is 18.8. The molecular formula is C21H22F2N2O3. The third-order valence-corrected chi connectivity index (χ3v) is 5.72. The smallest absolute Gasteiger partial charge is 0.176 e. The summed E-state index contributed by atoms with van der Waals surface area (Å²) in [6.07, 6.45) is 1.15. The summed E-state index contributed by atoms with van der Waals surface area (Å²) in [5.41, 5.74) is 6.68. The van der Waals surface area contributed by atoms with Crippen LogP contribution in [0.25, 0.3) is 0 Å². The van der Waals surface area contributed by atoms with Gasteiger partial charge in [-0.1, -0.05) is 0 Å². The van der Waals surface area contributed by atoms with E-state index in [0.717, 1.165) is 12.1 Å². The summed E-state index contributed by atoms with van der Waals surface area (Å²) in [5.74, 6) is -1.25. The second-order valence-corrected chi connectivity index (χ2v) is 7.83. The van der Waals surface area contributed by atoms with Gasteiger partial charge in [0.2, 0.25) is 0 Å². The normalized spacial score (nSPS) is 27.0. The van der Waals surface area contributed by atoms with Gasteiger partial charge < -0.3 is 15.6 Å². The van der Waals surface area contributed by atoms with Gasteiger partial charge in [-0.3, -0.25) is 9.69 Å². The Morgan fingerprint density at radius 2 is 1.96 bits per heavy atom. The van der Waals surface area contributed by atoms with Crippen molar-refractivity contribution in [2.24, 2.45) is 11.7 Å². The van der Waals surface area contributed by atoms with Crippen molar-refractivity contribution in [3.63, 3.8) is 0 Å². The van der Waals surface area contributed by atoms with E-state index in [1.165, 1.54) is 18.2 Å². The maximum Gasteiger partial charge on any atom is 0.176 e. The minimum Gasteiger partial charge on any atom is -0.508 e. The Balaban J connectivity index is 1.35. The van der Waals surface area contributed by atoms with Gasteiger partial charge in [0, 0.05) is 36.7 Å². The molecule has 148 valence electrons. The van der Waals surface area contributed by atoms with E-state index in [2.05, 4.69) is 0 Å². The van der Waals surface area contributed by atoms with E-state index in [4.69, 9.17) is 10.5 Å². The molecule has 3 atom stereocenters. The van der Waals surface area contributed by atoms with Crippen LogP contribution >= 0.6 is 0 Å². The standard InChI is InChI=1S/C21H22F2N2O3/c22-18-6-5-16(8-19(18)23)28-17-7-14-10-25(12-21(14,24)9-17)11-20(27)13-1-3-15(26)4-2-13/h1-6,8,14,17,26H,7,9-12,24H2/t14-,17+,21-/m1/s1. The molecule has 0 amide bonds. The highest BCUT2D eigenvalue weighted by atomic mass is 19.2. The molecule has 1 aliphatic heterocycles. The molecule has 2 aliphatic rings. The molecule has 5 nitrogen and oxygen atoms in total. The summed E-state index contributed by atoms with van der Waals surface area (Å²) in [6, 6.07) is 9.73. The number of ketones is 1. The SMILES string of the molecule is N[C@@]12C[C@@H](Oc3ccc(F)c(F)c3)C[C@@H]1CN(CC(=O)c1ccc(O)cc1)C2. The van der Waals surface area contributed by atoms with E-state index in [0.29, 0.717) is 37.2 Å². The lowest BCUT2D eigenvalue weighted by atomic mass is 9.92. The molecule has 1 saturated carbocycles. The molecule has 3 N–H and O–H groups in total. The number of ether oxygens (including phenoxy) is 1. The Morgan fingerprint density at radius 3 is 2.64 bits per heavy atom. The number of aromatic hydroxyl groups is 1. The van der Waals surface area contributed by atoms with Crippen LogP contribution in [0.4, 0.5) is 8.78 Å². The summed E-state index contributed by atoms with van der Waals surface area (Å²) in [7, 11) is 0. The average Bonchev–Trinajstić information content (AvgIpc) is 3.09. The Hall–Kier alpha value is -2.51. The number of rotatable bonds is 5. The molecule has 0 spiro atoms. The summed E-state index contributed by atoms with van der Waals surface area (Å²) in [4.78, 5) is 14.5. The van der Waals surface area contributed by atoms with Gasteiger partial charge >= 0.3 is 0 Å². The van der Waals surface area contributed by atoms with E-state index in [9.17, 15) is 18.7 Å². The summed E-state index contributed by atoms with van der Waals surface area (Å²) < 4.78 is 32.2. The lowest BCUT2D eigenvalue weighted by molar-refractivity contribution is 0.0935. The second-order valence-electron chi connectivity index (χ2n) is 7.83. The van der Waals surface area contributed by atoms with Gasteiger partial charge in [0.1, 0.15) is 17.6 Å². The maximum atomic E-state index is 13.4. The molecular weight excluding hydrogens is 366 g/mol. The first-order valence-electron chi connectivity index (χ1n) is 9.27. The number of hydrogen-bond donors (Lipinski definition) is 2. The number of halogens is 2. The third-order valence-electron chi connectivity index (χ3n) is 5.72. The highest BCUT2D eigenvalue weighted by molar-refractivity contribution is 5.97. The van der Waals surface area contributed by atoms with E-state index in [-0.39, 0.29) is 30.1 Å². The average molecular weight is 388 g/mol. The second kappa shape index (κ2) is 7.14. The van der Waals surface area contributed by atoms with Crippen LogP contribution in [0.2, 0.25) is 0 Å². The number of nitrogens with two attached hydrogens (primary N) is 1. The molecule has 2 fully saturated rings. The topological polar surface area (TPSA) is 75.8 Å². The molecule has 0 aromatic heterocycles. The predicted octanol–water partition coefficient (Wildman–Crippen LogP) is 2.72. The zero-order valence-electron chi connectivity index (χ0n) is 15.3. The monoisotopic (exact) mass is 388 g/mol. The van der Waals surface area contributed by atoms with Gasteiger partial charge in [-0.15, -0.1) is 0 Å². The number of phenols is 1. The number of likely N-dealkylation sites (tertiary alicyclic amines) is 1. The third kappa shape index (κ3) is 3.72. The van der Waals surface area contributed by atoms with Gasteiger partial charge in [0.25, 0.3) is 0 Å². The fourth-order valence-electron chi connectivity index (χ4n) is 4.36. The minimum absolute atomic E-state index is 0.0156. The molecule has 28 heavy (non-hydrogen) atoms. The van der Waals surface area contributed by atoms with Crippen molar-refractivity contribution in [1.82, 2.24) is 4.90 Å². The van der Waals surface area contributed by atoms with Crippen LogP contribution in [0.1, 0.15) is 23.2 Å². The number of phenolic OH excluding ortho intramolecular Hbond substituents is 1. The van der Waals surface area contributed by atoms with Gasteiger partial charge in [-0.25, -0.2) is 8.78 Å². The lowest BCUT2D eigenvalue weighted by Gasteiger charge is -2.24. The van der Waals surface area contributed by atoms with Crippen LogP contribution in [0.5, 0.6) is 11.5 Å². The van der Waals surface area contributed by atoms with Crippen LogP contribution in [0, 0.1) is 17.6 Å². The quantitative estimate of drug-likeness (QED) is 0.771. The van der Waals surface area contributed by atoms with Crippen molar-refractivity contribution in [3.05, 3.63) is 59.7 Å². The van der Waals surface area contributed by atoms with Crippen molar-refractivity contribution in [2.45, 2.75) is 24.5 Å². The van der Waals surface area contributed by atoms with Crippen LogP contribution in [0.3, 0.4) is 0 Å². The molecule has 1 heterocycles. The zero-order valence-corrected chi connectivity index (χ0v) is 15.3. The van der Waals surface area contributed by atoms with Crippen molar-refractivity contribution in [2.75, 3.05) is 19.6 Å². The summed E-state index contributed by atoms with van der Waals surface area (Å²) >= 11 is 0. The van der Waals surface area contributed by atoms with Crippen LogP contribution in [-0.4, -0.2) is 47.1 Å². The van der Waals surface area contributed by atoms with Crippen LogP contribution < -0.4 is 10.5 Å². The molecule has 1 aliphatic carbocycles. The highest BCUT2D eigenvalue weighted by Crippen LogP contribution is 2.41. The number of fused-ring (bicyclic) bond motifs is 1. The fraction of sp³-hybridized carbons (Fsp3) is 0.381. The fourth-order valence-corrected chi connectivity index (χ4v) is 4.36. The first-order chi connectivity index (χ1) is 13.3. The molecule has 7 heteroatoms. The van der Waals surface area contributed by atoms with Gasteiger partial charge in [0.05, 0.1) is 6.54 Å². The Kier molecular flexibility index (Phi) is 4.81. The van der Waals surface area contributed by atoms with Crippen LogP contribution in [0.15, 0.2) is 42.5 Å². The zero-order chi connectivity index (χ0) is 19.9. The molecule has 0 bridgehead atoms. The van der Waals surface area contributed by atoms with E-state index in [1.807, 2.05) is 4.90 Å². The molecule has 2 aromatic carbocycles. The number of carbonyl (C=O) groups is 1. The maximum absolute atomic E-state index is 13.4. The van der Waals surface area contributed by atoms with Gasteiger partial charge in [-0.2, -0.15) is 0 Å². The van der Waals surface area contributed by atoms with Gasteiger partial charge in [0.15, 0.2) is 17.4 Å². The molecule has 2 aromatic rings. The Bertz CT molecular complexity index is 890. The Morgan fingerprint density at radius 1 is 1.21 bits per heavy atom. The molecule has 0 radical (unpaired) electrons. The summed E-state index contributed by atoms with van der Waals surface area (Å²) in [6.45, 7) is 1.55. The van der Waals surface area contributed by atoms with Crippen LogP contribution in [-0.2, 0) is 0 Å². The number of benzene rings is 2. The number of hydrogen-bond acceptors (Lipinski definition) is 5. The number of Topliss-reactive ketones (excluding diaryl/α,β-unsaturated/α-hetero) is 1. The van der Waals surface area contributed by atoms with E-state index >= 15 is 0 Å². The highest BCUT2D eigenvalue weighted by Gasteiger charge is 2.51. The van der Waals surface area contributed by atoms with Crippen molar-refractivity contribution < 1.29 is 23.4 Å².